The molecule has 8 heteroatoms. The van der Waals surface area contributed by atoms with Crippen LogP contribution in [-0.2, 0) is 0 Å². The number of rotatable bonds is 3. The molecule has 0 spiro atoms. The Labute approximate surface area is 120 Å². The van der Waals surface area contributed by atoms with Gasteiger partial charge in [-0.25, -0.2) is 0 Å². The average molecular weight is 366 g/mol. The molecular weight excluding hydrogens is 355 g/mol. The molecule has 0 radical (unpaired) electrons. The molecule has 1 aromatic carbocycles. The lowest BCUT2D eigenvalue weighted by Gasteiger charge is -1.94. The Morgan fingerprint density at radius 2 is 2.18 bits per heavy atom. The van der Waals surface area contributed by atoms with E-state index in [1.54, 1.807) is 24.5 Å². The molecule has 6 nitrogen and oxygen atoms in total. The Bertz CT molecular complexity index is 450. The number of hydrogen-bond donors (Lipinski definition) is 1. The highest BCUT2D eigenvalue weighted by Gasteiger charge is 2.09. The van der Waals surface area contributed by atoms with Crippen molar-refractivity contribution in [1.29, 1.82) is 0 Å². The zero-order chi connectivity index (χ0) is 12.0. The van der Waals surface area contributed by atoms with Gasteiger partial charge < -0.3 is 5.73 Å². The van der Waals surface area contributed by atoms with Crippen LogP contribution in [0.2, 0.25) is 0 Å². The van der Waals surface area contributed by atoms with Crippen LogP contribution in [0.4, 0.5) is 5.69 Å². The van der Waals surface area contributed by atoms with Gasteiger partial charge in [-0.3, -0.25) is 10.1 Å². The predicted octanol–water partition coefficient (Wildman–Crippen LogP) is 2.22. The van der Waals surface area contributed by atoms with Gasteiger partial charge >= 0.3 is 0 Å². The molecule has 92 valence electrons. The normalized spacial score (nSPS) is 11.2. The molecule has 0 saturated heterocycles. The summed E-state index contributed by atoms with van der Waals surface area (Å²) in [4.78, 5) is 10.2. The van der Waals surface area contributed by atoms with Crippen molar-refractivity contribution in [1.82, 2.24) is 0 Å². The molecule has 0 bridgehead atoms. The van der Waals surface area contributed by atoms with Crippen LogP contribution >= 0.6 is 35.7 Å². The highest BCUT2D eigenvalue weighted by molar-refractivity contribution is 14.0. The number of para-hydroxylation sites is 1. The van der Waals surface area contributed by atoms with Crippen molar-refractivity contribution in [3.8, 4) is 0 Å². The number of hydrogen-bond acceptors (Lipinski definition) is 5. The van der Waals surface area contributed by atoms with Gasteiger partial charge in [0.15, 0.2) is 5.17 Å². The van der Waals surface area contributed by atoms with E-state index in [0.29, 0.717) is 10.7 Å². The van der Waals surface area contributed by atoms with Gasteiger partial charge in [0.2, 0.25) is 0 Å². The second-order valence-electron chi connectivity index (χ2n) is 2.70. The lowest BCUT2D eigenvalue weighted by molar-refractivity contribution is -0.385. The number of halogens is 1. The highest BCUT2D eigenvalue weighted by Crippen LogP contribution is 2.15. The van der Waals surface area contributed by atoms with Crippen molar-refractivity contribution in [2.45, 2.75) is 0 Å². The Morgan fingerprint density at radius 1 is 1.53 bits per heavy atom. The van der Waals surface area contributed by atoms with Gasteiger partial charge in [-0.15, -0.1) is 29.1 Å². The average Bonchev–Trinajstić information content (AvgIpc) is 2.29. The minimum absolute atomic E-state index is 0. The summed E-state index contributed by atoms with van der Waals surface area (Å²) >= 11 is 1.25. The monoisotopic (exact) mass is 366 g/mol. The minimum atomic E-state index is -0.469. The first-order valence-electron chi connectivity index (χ1n) is 4.29. The lowest BCUT2D eigenvalue weighted by atomic mass is 10.2. The molecule has 0 amide bonds. The standard InChI is InChI=1S/C9H10N4O2S.HI/c1-16-9(10)12-11-6-7-4-2-3-5-8(7)13(14)15;/h2-6H,1H3,(H2,10,12);1H/b11-6+;. The molecule has 0 aliphatic carbocycles. The van der Waals surface area contributed by atoms with Gasteiger partial charge in [0.1, 0.15) is 0 Å². The molecular formula is C9H11IN4O2S. The van der Waals surface area contributed by atoms with Crippen molar-refractivity contribution in [3.05, 3.63) is 39.9 Å². The first kappa shape index (κ1) is 15.8. The van der Waals surface area contributed by atoms with Crippen LogP contribution in [0, 0.1) is 10.1 Å². The van der Waals surface area contributed by atoms with Crippen molar-refractivity contribution >= 4 is 52.8 Å². The maximum absolute atomic E-state index is 10.7. The zero-order valence-electron chi connectivity index (χ0n) is 8.94. The third-order valence-corrected chi connectivity index (χ3v) is 2.20. The molecule has 0 unspecified atom stereocenters. The van der Waals surface area contributed by atoms with E-state index in [0.717, 1.165) is 0 Å². The molecule has 2 N–H and O–H groups in total. The van der Waals surface area contributed by atoms with Gasteiger partial charge in [0, 0.05) is 6.07 Å². The van der Waals surface area contributed by atoms with Crippen LogP contribution in [-0.4, -0.2) is 22.6 Å². The van der Waals surface area contributed by atoms with Crippen LogP contribution < -0.4 is 5.73 Å². The quantitative estimate of drug-likeness (QED) is 0.292. The van der Waals surface area contributed by atoms with E-state index < -0.39 is 4.92 Å². The fourth-order valence-corrected chi connectivity index (χ4v) is 1.08. The molecule has 0 aliphatic rings. The van der Waals surface area contributed by atoms with Gasteiger partial charge in [-0.05, 0) is 12.3 Å². The van der Waals surface area contributed by atoms with E-state index in [1.165, 1.54) is 24.0 Å². The van der Waals surface area contributed by atoms with E-state index in [4.69, 9.17) is 5.73 Å². The maximum atomic E-state index is 10.7. The summed E-state index contributed by atoms with van der Waals surface area (Å²) in [6.45, 7) is 0. The largest absolute Gasteiger partial charge is 0.377 e. The summed E-state index contributed by atoms with van der Waals surface area (Å²) in [5.41, 5.74) is 5.78. The molecule has 1 aromatic rings. The molecule has 0 atom stereocenters. The van der Waals surface area contributed by atoms with E-state index >= 15 is 0 Å². The third-order valence-electron chi connectivity index (χ3n) is 1.70. The van der Waals surface area contributed by atoms with E-state index in [-0.39, 0.29) is 29.7 Å². The van der Waals surface area contributed by atoms with Gasteiger partial charge in [0.25, 0.3) is 5.69 Å². The first-order chi connectivity index (χ1) is 7.65. The summed E-state index contributed by atoms with van der Waals surface area (Å²) in [5.74, 6) is 0. The topological polar surface area (TPSA) is 93.9 Å². The molecule has 0 heterocycles. The molecule has 0 aliphatic heterocycles. The highest BCUT2D eigenvalue weighted by atomic mass is 127. The minimum Gasteiger partial charge on any atom is -0.377 e. The second kappa shape index (κ2) is 8.01. The Hall–Kier alpha value is -1.16. The van der Waals surface area contributed by atoms with Crippen LogP contribution in [0.25, 0.3) is 0 Å². The summed E-state index contributed by atoms with van der Waals surface area (Å²) in [6.07, 6.45) is 3.07. The van der Waals surface area contributed by atoms with Gasteiger partial charge in [0.05, 0.1) is 16.7 Å². The van der Waals surface area contributed by atoms with E-state index in [2.05, 4.69) is 10.2 Å². The Balaban J connectivity index is 0.00000256. The van der Waals surface area contributed by atoms with E-state index in [1.807, 2.05) is 0 Å². The molecule has 0 aromatic heterocycles. The first-order valence-corrected chi connectivity index (χ1v) is 5.51. The Morgan fingerprint density at radius 3 is 2.76 bits per heavy atom. The van der Waals surface area contributed by atoms with Crippen LogP contribution in [0.1, 0.15) is 5.56 Å². The van der Waals surface area contributed by atoms with Crippen LogP contribution in [0.3, 0.4) is 0 Å². The van der Waals surface area contributed by atoms with Crippen molar-refractivity contribution in [2.24, 2.45) is 15.9 Å². The van der Waals surface area contributed by atoms with Crippen molar-refractivity contribution in [2.75, 3.05) is 6.26 Å². The van der Waals surface area contributed by atoms with Crippen molar-refractivity contribution < 1.29 is 4.92 Å². The van der Waals surface area contributed by atoms with E-state index in [9.17, 15) is 10.1 Å². The van der Waals surface area contributed by atoms with Crippen molar-refractivity contribution in [3.63, 3.8) is 0 Å². The molecule has 17 heavy (non-hydrogen) atoms. The fraction of sp³-hybridized carbons (Fsp3) is 0.111. The zero-order valence-corrected chi connectivity index (χ0v) is 12.1. The number of thioether (sulfide) groups is 1. The lowest BCUT2D eigenvalue weighted by Crippen LogP contribution is -2.04. The van der Waals surface area contributed by atoms with Crippen LogP contribution in [0.15, 0.2) is 34.5 Å². The maximum Gasteiger partial charge on any atom is 0.278 e. The fourth-order valence-electron chi connectivity index (χ4n) is 0.952. The number of benzene rings is 1. The SMILES string of the molecule is CS/C(N)=N/N=C/c1ccccc1[N+](=O)[O-].I. The molecule has 0 fully saturated rings. The second-order valence-corrected chi connectivity index (χ2v) is 3.53. The third kappa shape index (κ3) is 5.13. The van der Waals surface area contributed by atoms with Gasteiger partial charge in [-0.2, -0.15) is 5.10 Å². The summed E-state index contributed by atoms with van der Waals surface area (Å²) in [5, 5.41) is 18.3. The number of nitrogens with zero attached hydrogens (tertiary/aromatic N) is 3. The molecule has 0 saturated carbocycles. The Kier molecular flexibility index (Phi) is 7.46. The number of nitrogens with two attached hydrogens (primary N) is 1. The summed E-state index contributed by atoms with van der Waals surface area (Å²) < 4.78 is 0. The smallest absolute Gasteiger partial charge is 0.278 e. The number of amidine groups is 1. The van der Waals surface area contributed by atoms with Crippen LogP contribution in [0.5, 0.6) is 0 Å². The summed E-state index contributed by atoms with van der Waals surface area (Å²) in [7, 11) is 0. The number of nitro benzene ring substituents is 1. The molecule has 1 rings (SSSR count). The predicted molar refractivity (Wildman–Crippen MR) is 81.2 cm³/mol. The summed E-state index contributed by atoms with van der Waals surface area (Å²) in [6, 6.07) is 6.28. The number of nitro groups is 1. The van der Waals surface area contributed by atoms with Gasteiger partial charge in [-0.1, -0.05) is 23.9 Å².